The summed E-state index contributed by atoms with van der Waals surface area (Å²) in [6.45, 7) is 0.349. The summed E-state index contributed by atoms with van der Waals surface area (Å²) < 4.78 is 1.66. The van der Waals surface area contributed by atoms with E-state index in [0.717, 1.165) is 5.69 Å². The Bertz CT molecular complexity index is 648. The number of benzene rings is 1. The van der Waals surface area contributed by atoms with Crippen LogP contribution in [0.15, 0.2) is 30.5 Å². The number of aromatic nitrogens is 2. The van der Waals surface area contributed by atoms with Crippen molar-refractivity contribution >= 4 is 17.3 Å². The summed E-state index contributed by atoms with van der Waals surface area (Å²) in [4.78, 5) is 21.5. The molecule has 0 fully saturated rings. The maximum Gasteiger partial charge on any atom is 0.338 e. The lowest BCUT2D eigenvalue weighted by atomic mass is 10.1. The molecule has 1 aromatic heterocycles. The first-order valence-electron chi connectivity index (χ1n) is 6.22. The number of aromatic carboxylic acids is 1. The van der Waals surface area contributed by atoms with E-state index in [1.807, 2.05) is 6.07 Å². The van der Waals surface area contributed by atoms with E-state index < -0.39 is 10.9 Å². The molecule has 2 N–H and O–H groups in total. The smallest absolute Gasteiger partial charge is 0.338 e. The van der Waals surface area contributed by atoms with E-state index in [-0.39, 0.29) is 16.9 Å². The zero-order valence-corrected chi connectivity index (χ0v) is 11.3. The van der Waals surface area contributed by atoms with Crippen molar-refractivity contribution < 1.29 is 14.8 Å². The second-order valence-electron chi connectivity index (χ2n) is 4.42. The Morgan fingerprint density at radius 3 is 2.81 bits per heavy atom. The van der Waals surface area contributed by atoms with Crippen LogP contribution >= 0.6 is 0 Å². The lowest BCUT2D eigenvalue weighted by Gasteiger charge is -2.09. The van der Waals surface area contributed by atoms with Crippen LogP contribution in [0.5, 0.6) is 0 Å². The van der Waals surface area contributed by atoms with Crippen LogP contribution in [0, 0.1) is 10.1 Å². The van der Waals surface area contributed by atoms with Gasteiger partial charge in [0.05, 0.1) is 16.2 Å². The number of para-hydroxylation sites is 1. The minimum absolute atomic E-state index is 0.0194. The maximum atomic E-state index is 11.2. The predicted molar refractivity (Wildman–Crippen MR) is 75.5 cm³/mol. The molecule has 21 heavy (non-hydrogen) atoms. The number of carboxylic acids is 1. The number of carbonyl (C=O) groups is 1. The second kappa shape index (κ2) is 6.04. The Labute approximate surface area is 120 Å². The molecule has 110 valence electrons. The number of nitrogens with zero attached hydrogens (tertiary/aromatic N) is 3. The van der Waals surface area contributed by atoms with Gasteiger partial charge in [0.2, 0.25) is 0 Å². The van der Waals surface area contributed by atoms with Crippen LogP contribution in [0.2, 0.25) is 0 Å². The Morgan fingerprint density at radius 1 is 1.48 bits per heavy atom. The molecule has 1 aromatic carbocycles. The van der Waals surface area contributed by atoms with Crippen LogP contribution in [0.3, 0.4) is 0 Å². The van der Waals surface area contributed by atoms with Crippen molar-refractivity contribution in [2.24, 2.45) is 7.05 Å². The first kappa shape index (κ1) is 14.5. The number of nitro groups is 1. The number of hydrogen-bond acceptors (Lipinski definition) is 5. The SMILES string of the molecule is Cn1ccc(CCNc2c(C(=O)O)cccc2[N+](=O)[O-])n1. The Hall–Kier alpha value is -2.90. The molecule has 0 saturated heterocycles. The standard InChI is InChI=1S/C13H14N4O4/c1-16-8-6-9(15-16)5-7-14-12-10(13(18)19)3-2-4-11(12)17(20)21/h2-4,6,8,14H,5,7H2,1H3,(H,18,19). The van der Waals surface area contributed by atoms with E-state index in [1.165, 1.54) is 18.2 Å². The van der Waals surface area contributed by atoms with Crippen molar-refractivity contribution in [3.05, 3.63) is 51.8 Å². The first-order chi connectivity index (χ1) is 9.99. The van der Waals surface area contributed by atoms with Crippen LogP contribution in [0.25, 0.3) is 0 Å². The van der Waals surface area contributed by atoms with Crippen molar-refractivity contribution in [3.8, 4) is 0 Å². The third-order valence-electron chi connectivity index (χ3n) is 2.92. The molecule has 2 rings (SSSR count). The number of nitro benzene ring substituents is 1. The average Bonchev–Trinajstić information content (AvgIpc) is 2.84. The molecule has 0 amide bonds. The molecule has 0 unspecified atom stereocenters. The largest absolute Gasteiger partial charge is 0.478 e. The van der Waals surface area contributed by atoms with Crippen LogP contribution in [-0.4, -0.2) is 32.3 Å². The summed E-state index contributed by atoms with van der Waals surface area (Å²) in [5.74, 6) is -1.21. The fraction of sp³-hybridized carbons (Fsp3) is 0.231. The van der Waals surface area contributed by atoms with Gasteiger partial charge in [0.25, 0.3) is 5.69 Å². The molecular weight excluding hydrogens is 276 g/mol. The van der Waals surface area contributed by atoms with Crippen molar-refractivity contribution in [1.82, 2.24) is 9.78 Å². The van der Waals surface area contributed by atoms with E-state index in [0.29, 0.717) is 13.0 Å². The third kappa shape index (κ3) is 3.35. The van der Waals surface area contributed by atoms with Crippen LogP contribution in [0.1, 0.15) is 16.1 Å². The van der Waals surface area contributed by atoms with Gasteiger partial charge in [0.1, 0.15) is 5.69 Å². The highest BCUT2D eigenvalue weighted by Crippen LogP contribution is 2.28. The molecule has 0 aliphatic carbocycles. The van der Waals surface area contributed by atoms with Crippen molar-refractivity contribution in [1.29, 1.82) is 0 Å². The molecule has 0 aliphatic rings. The molecule has 0 bridgehead atoms. The van der Waals surface area contributed by atoms with Gasteiger partial charge >= 0.3 is 5.97 Å². The summed E-state index contributed by atoms with van der Waals surface area (Å²) >= 11 is 0. The Kier molecular flexibility index (Phi) is 4.17. The number of hydrogen-bond donors (Lipinski definition) is 2. The summed E-state index contributed by atoms with van der Waals surface area (Å²) in [7, 11) is 1.79. The summed E-state index contributed by atoms with van der Waals surface area (Å²) in [6.07, 6.45) is 2.33. The molecule has 1 heterocycles. The van der Waals surface area contributed by atoms with Gasteiger partial charge in [0.15, 0.2) is 0 Å². The molecule has 0 atom stereocenters. The molecular formula is C13H14N4O4. The number of aryl methyl sites for hydroxylation is 1. The van der Waals surface area contributed by atoms with Gasteiger partial charge in [-0.3, -0.25) is 14.8 Å². The lowest BCUT2D eigenvalue weighted by Crippen LogP contribution is -2.12. The molecule has 8 nitrogen and oxygen atoms in total. The van der Waals surface area contributed by atoms with Gasteiger partial charge < -0.3 is 10.4 Å². The number of nitrogens with one attached hydrogen (secondary N) is 1. The van der Waals surface area contributed by atoms with Crippen molar-refractivity contribution in [2.75, 3.05) is 11.9 Å². The summed E-state index contributed by atoms with van der Waals surface area (Å²) in [6, 6.07) is 5.79. The number of carboxylic acid groups (broad SMARTS) is 1. The van der Waals surface area contributed by atoms with Gasteiger partial charge in [-0.25, -0.2) is 4.79 Å². The zero-order chi connectivity index (χ0) is 15.4. The molecule has 2 aromatic rings. The minimum Gasteiger partial charge on any atom is -0.478 e. The Balaban J connectivity index is 2.17. The van der Waals surface area contributed by atoms with E-state index in [4.69, 9.17) is 5.11 Å². The zero-order valence-electron chi connectivity index (χ0n) is 11.3. The highest BCUT2D eigenvalue weighted by molar-refractivity contribution is 5.96. The minimum atomic E-state index is -1.21. The van der Waals surface area contributed by atoms with E-state index in [9.17, 15) is 14.9 Å². The molecule has 0 aliphatic heterocycles. The first-order valence-corrected chi connectivity index (χ1v) is 6.22. The topological polar surface area (TPSA) is 110 Å². The van der Waals surface area contributed by atoms with E-state index in [2.05, 4.69) is 10.4 Å². The molecule has 0 saturated carbocycles. The van der Waals surface area contributed by atoms with Crippen molar-refractivity contribution in [2.45, 2.75) is 6.42 Å². The lowest BCUT2D eigenvalue weighted by molar-refractivity contribution is -0.384. The average molecular weight is 290 g/mol. The van der Waals surface area contributed by atoms with Crippen LogP contribution in [-0.2, 0) is 13.5 Å². The predicted octanol–water partition coefficient (Wildman–Crippen LogP) is 1.68. The fourth-order valence-electron chi connectivity index (χ4n) is 1.97. The third-order valence-corrected chi connectivity index (χ3v) is 2.92. The normalized spacial score (nSPS) is 10.3. The van der Waals surface area contributed by atoms with Crippen molar-refractivity contribution in [3.63, 3.8) is 0 Å². The second-order valence-corrected chi connectivity index (χ2v) is 4.42. The van der Waals surface area contributed by atoms with Crippen LogP contribution < -0.4 is 5.32 Å². The van der Waals surface area contributed by atoms with Crippen LogP contribution in [0.4, 0.5) is 11.4 Å². The number of anilines is 1. The fourth-order valence-corrected chi connectivity index (χ4v) is 1.97. The molecule has 8 heteroatoms. The summed E-state index contributed by atoms with van der Waals surface area (Å²) in [5, 5.41) is 27.1. The molecule has 0 radical (unpaired) electrons. The quantitative estimate of drug-likeness (QED) is 0.618. The number of rotatable bonds is 6. The van der Waals surface area contributed by atoms with Gasteiger partial charge in [-0.1, -0.05) is 6.07 Å². The van der Waals surface area contributed by atoms with E-state index >= 15 is 0 Å². The highest BCUT2D eigenvalue weighted by atomic mass is 16.6. The van der Waals surface area contributed by atoms with Gasteiger partial charge in [0, 0.05) is 32.3 Å². The highest BCUT2D eigenvalue weighted by Gasteiger charge is 2.20. The summed E-state index contributed by atoms with van der Waals surface area (Å²) in [5.41, 5.74) is 0.465. The Morgan fingerprint density at radius 2 is 2.24 bits per heavy atom. The van der Waals surface area contributed by atoms with Gasteiger partial charge in [-0.2, -0.15) is 5.10 Å². The monoisotopic (exact) mass is 290 g/mol. The maximum absolute atomic E-state index is 11.2. The van der Waals surface area contributed by atoms with Gasteiger partial charge in [-0.15, -0.1) is 0 Å². The van der Waals surface area contributed by atoms with Gasteiger partial charge in [-0.05, 0) is 12.1 Å². The molecule has 0 spiro atoms. The van der Waals surface area contributed by atoms with E-state index in [1.54, 1.807) is 17.9 Å².